The first-order valence-electron chi connectivity index (χ1n) is 7.69. The van der Waals surface area contributed by atoms with Crippen LogP contribution in [0.4, 0.5) is 0 Å². The summed E-state index contributed by atoms with van der Waals surface area (Å²) in [6.45, 7) is 1.32. The molecule has 2 rings (SSSR count). The Kier molecular flexibility index (Phi) is 6.09. The number of benzene rings is 2. The van der Waals surface area contributed by atoms with Crippen molar-refractivity contribution in [2.45, 2.75) is 24.3 Å². The Morgan fingerprint density at radius 2 is 1.81 bits per heavy atom. The van der Waals surface area contributed by atoms with Crippen molar-refractivity contribution < 1.29 is 18.0 Å². The van der Waals surface area contributed by atoms with Crippen LogP contribution in [0.1, 0.15) is 30.5 Å². The average Bonchev–Trinajstić information content (AvgIpc) is 2.61. The third-order valence-electron chi connectivity index (χ3n) is 3.49. The molecular weight excluding hydrogens is 354 g/mol. The smallest absolute Gasteiger partial charge is 0.264 e. The lowest BCUT2D eigenvalue weighted by molar-refractivity contribution is -0.121. The van der Waals surface area contributed by atoms with Crippen molar-refractivity contribution in [1.82, 2.24) is 10.0 Å². The molecule has 0 spiro atoms. The fourth-order valence-corrected chi connectivity index (χ4v) is 3.39. The highest BCUT2D eigenvalue weighted by Gasteiger charge is 2.22. The van der Waals surface area contributed by atoms with Gasteiger partial charge in [0.2, 0.25) is 11.8 Å². The van der Waals surface area contributed by atoms with Crippen molar-refractivity contribution >= 4 is 21.8 Å². The normalized spacial score (nSPS) is 11.8. The number of nitriles is 1. The number of nitrogens with one attached hydrogen (secondary N) is 2. The van der Waals surface area contributed by atoms with E-state index < -0.39 is 22.0 Å². The minimum absolute atomic E-state index is 0.167. The summed E-state index contributed by atoms with van der Waals surface area (Å²) in [6, 6.07) is 15.3. The molecule has 1 atom stereocenters. The number of nitrogens with zero attached hydrogens (tertiary/aromatic N) is 1. The summed E-state index contributed by atoms with van der Waals surface area (Å²) in [7, 11) is -4.11. The highest BCUT2D eigenvalue weighted by atomic mass is 32.2. The maximum atomic E-state index is 12.3. The molecule has 2 aromatic rings. The molecular formula is C18H17N3O4S. The van der Waals surface area contributed by atoms with Gasteiger partial charge in [0.05, 0.1) is 29.0 Å². The molecule has 0 heterocycles. The molecule has 0 aliphatic heterocycles. The third-order valence-corrected chi connectivity index (χ3v) is 4.86. The van der Waals surface area contributed by atoms with Crippen molar-refractivity contribution in [2.24, 2.45) is 0 Å². The van der Waals surface area contributed by atoms with Gasteiger partial charge < -0.3 is 5.32 Å². The molecule has 0 unspecified atom stereocenters. The summed E-state index contributed by atoms with van der Waals surface area (Å²) < 4.78 is 26.6. The number of rotatable bonds is 6. The van der Waals surface area contributed by atoms with Gasteiger partial charge >= 0.3 is 0 Å². The van der Waals surface area contributed by atoms with Gasteiger partial charge in [0.15, 0.2) is 0 Å². The molecule has 7 nitrogen and oxygen atoms in total. The summed E-state index contributed by atoms with van der Waals surface area (Å²) in [5.41, 5.74) is 0.849. The van der Waals surface area contributed by atoms with E-state index in [-0.39, 0.29) is 22.8 Å². The van der Waals surface area contributed by atoms with Gasteiger partial charge in [-0.05, 0) is 23.8 Å². The van der Waals surface area contributed by atoms with Crippen LogP contribution < -0.4 is 10.0 Å². The number of hydrogen-bond acceptors (Lipinski definition) is 5. The van der Waals surface area contributed by atoms with Gasteiger partial charge in [0.25, 0.3) is 10.0 Å². The summed E-state index contributed by atoms with van der Waals surface area (Å²) in [4.78, 5) is 23.5. The topological polar surface area (TPSA) is 116 Å². The molecule has 26 heavy (non-hydrogen) atoms. The minimum atomic E-state index is -4.11. The van der Waals surface area contributed by atoms with E-state index in [1.54, 1.807) is 30.3 Å². The number of hydrogen-bond donors (Lipinski definition) is 2. The van der Waals surface area contributed by atoms with Gasteiger partial charge in [0, 0.05) is 6.92 Å². The SMILES string of the molecule is CC(=O)N[C@@H](CC(=O)NS(=O)(=O)c1cccc(C#N)c1)c1ccccc1. The third kappa shape index (κ3) is 5.16. The molecule has 0 aromatic heterocycles. The van der Waals surface area contributed by atoms with Crippen LogP contribution in [-0.4, -0.2) is 20.2 Å². The predicted molar refractivity (Wildman–Crippen MR) is 94.1 cm³/mol. The molecule has 2 aromatic carbocycles. The molecule has 2 amide bonds. The number of carbonyl (C=O) groups excluding carboxylic acids is 2. The zero-order valence-electron chi connectivity index (χ0n) is 14.0. The zero-order valence-corrected chi connectivity index (χ0v) is 14.8. The summed E-state index contributed by atoms with van der Waals surface area (Å²) in [6.07, 6.45) is -0.249. The van der Waals surface area contributed by atoms with Crippen LogP contribution in [0, 0.1) is 11.3 Å². The van der Waals surface area contributed by atoms with Crippen LogP contribution in [0.2, 0.25) is 0 Å². The van der Waals surface area contributed by atoms with E-state index in [0.29, 0.717) is 5.56 Å². The molecule has 0 bridgehead atoms. The van der Waals surface area contributed by atoms with Gasteiger partial charge in [-0.1, -0.05) is 36.4 Å². The van der Waals surface area contributed by atoms with Crippen LogP contribution in [0.3, 0.4) is 0 Å². The highest BCUT2D eigenvalue weighted by molar-refractivity contribution is 7.90. The second kappa shape index (κ2) is 8.27. The lowest BCUT2D eigenvalue weighted by Crippen LogP contribution is -2.35. The Labute approximate surface area is 151 Å². The fourth-order valence-electron chi connectivity index (χ4n) is 2.35. The molecule has 8 heteroatoms. The first-order chi connectivity index (χ1) is 12.3. The largest absolute Gasteiger partial charge is 0.349 e. The van der Waals surface area contributed by atoms with E-state index in [4.69, 9.17) is 5.26 Å². The van der Waals surface area contributed by atoms with E-state index in [2.05, 4.69) is 5.32 Å². The maximum absolute atomic E-state index is 12.3. The van der Waals surface area contributed by atoms with Crippen LogP contribution in [0.15, 0.2) is 59.5 Å². The highest BCUT2D eigenvalue weighted by Crippen LogP contribution is 2.17. The summed E-state index contributed by atoms with van der Waals surface area (Å²) in [5.74, 6) is -1.11. The maximum Gasteiger partial charge on any atom is 0.264 e. The van der Waals surface area contributed by atoms with Gasteiger partial charge in [-0.3, -0.25) is 9.59 Å². The quantitative estimate of drug-likeness (QED) is 0.800. The Morgan fingerprint density at radius 3 is 2.42 bits per heavy atom. The average molecular weight is 371 g/mol. The number of sulfonamides is 1. The summed E-state index contributed by atoms with van der Waals surface area (Å²) in [5, 5.41) is 11.5. The Morgan fingerprint density at radius 1 is 1.12 bits per heavy atom. The molecule has 2 N–H and O–H groups in total. The lowest BCUT2D eigenvalue weighted by Gasteiger charge is -2.18. The molecule has 134 valence electrons. The van der Waals surface area contributed by atoms with Crippen LogP contribution in [0.5, 0.6) is 0 Å². The lowest BCUT2D eigenvalue weighted by atomic mass is 10.0. The van der Waals surface area contributed by atoms with E-state index >= 15 is 0 Å². The Balaban J connectivity index is 2.16. The van der Waals surface area contributed by atoms with Crippen LogP contribution in [-0.2, 0) is 19.6 Å². The van der Waals surface area contributed by atoms with E-state index in [1.807, 2.05) is 10.8 Å². The zero-order chi connectivity index (χ0) is 19.2. The molecule has 0 saturated carbocycles. The second-order valence-electron chi connectivity index (χ2n) is 5.54. The van der Waals surface area contributed by atoms with E-state index in [0.717, 1.165) is 0 Å². The molecule has 0 fully saturated rings. The molecule has 0 aliphatic rings. The minimum Gasteiger partial charge on any atom is -0.349 e. The first kappa shape index (κ1) is 19.1. The predicted octanol–water partition coefficient (Wildman–Crippen LogP) is 1.63. The van der Waals surface area contributed by atoms with Gasteiger partial charge in [-0.2, -0.15) is 5.26 Å². The monoisotopic (exact) mass is 371 g/mol. The summed E-state index contributed by atoms with van der Waals surface area (Å²) >= 11 is 0. The van der Waals surface area contributed by atoms with Crippen molar-refractivity contribution in [3.63, 3.8) is 0 Å². The van der Waals surface area contributed by atoms with Crippen molar-refractivity contribution in [1.29, 1.82) is 5.26 Å². The first-order valence-corrected chi connectivity index (χ1v) is 9.18. The fraction of sp³-hybridized carbons (Fsp3) is 0.167. The van der Waals surface area contributed by atoms with Crippen molar-refractivity contribution in [2.75, 3.05) is 0 Å². The van der Waals surface area contributed by atoms with Crippen molar-refractivity contribution in [3.8, 4) is 6.07 Å². The van der Waals surface area contributed by atoms with Gasteiger partial charge in [-0.25, -0.2) is 13.1 Å². The number of carbonyl (C=O) groups is 2. The molecule has 0 radical (unpaired) electrons. The molecule has 0 aliphatic carbocycles. The number of amides is 2. The van der Waals surface area contributed by atoms with Crippen LogP contribution in [0.25, 0.3) is 0 Å². The van der Waals surface area contributed by atoms with Gasteiger partial charge in [-0.15, -0.1) is 0 Å². The van der Waals surface area contributed by atoms with Crippen molar-refractivity contribution in [3.05, 3.63) is 65.7 Å². The van der Waals surface area contributed by atoms with E-state index in [1.165, 1.54) is 31.2 Å². The van der Waals surface area contributed by atoms with E-state index in [9.17, 15) is 18.0 Å². The van der Waals surface area contributed by atoms with Crippen LogP contribution >= 0.6 is 0 Å². The Bertz CT molecular complexity index is 950. The Hall–Kier alpha value is -3.18. The standard InChI is InChI=1S/C18H17N3O4S/c1-13(22)20-17(15-7-3-2-4-8-15)11-18(23)21-26(24,25)16-9-5-6-14(10-16)12-19/h2-10,17H,11H2,1H3,(H,20,22)(H,21,23)/t17-/m0/s1. The van der Waals surface area contributed by atoms with Gasteiger partial charge in [0.1, 0.15) is 0 Å². The molecule has 0 saturated heterocycles. The second-order valence-corrected chi connectivity index (χ2v) is 7.22.